The van der Waals surface area contributed by atoms with Crippen molar-refractivity contribution in [3.05, 3.63) is 52.6 Å². The van der Waals surface area contributed by atoms with Crippen molar-refractivity contribution >= 4 is 11.7 Å². The van der Waals surface area contributed by atoms with Gasteiger partial charge in [-0.25, -0.2) is 4.39 Å². The van der Waals surface area contributed by atoms with E-state index in [1.165, 1.54) is 12.1 Å². The summed E-state index contributed by atoms with van der Waals surface area (Å²) in [5.41, 5.74) is 2.17. The summed E-state index contributed by atoms with van der Waals surface area (Å²) in [6.07, 6.45) is 1.40. The van der Waals surface area contributed by atoms with E-state index in [1.54, 1.807) is 37.7 Å². The van der Waals surface area contributed by atoms with Crippen molar-refractivity contribution < 1.29 is 18.7 Å². The first-order chi connectivity index (χ1) is 12.4. The van der Waals surface area contributed by atoms with E-state index in [1.807, 2.05) is 0 Å². The molecule has 1 aromatic heterocycles. The SMILES string of the molecule is Cc1nn(C)c(C)c1C(=O)C(=O)N[C@@H](c1ccc(F)cc1)[C@@H]1CCCO1. The molecule has 2 heterocycles. The zero-order valence-corrected chi connectivity index (χ0v) is 15.1. The van der Waals surface area contributed by atoms with Crippen LogP contribution in [0.3, 0.4) is 0 Å². The first-order valence-electron chi connectivity index (χ1n) is 8.61. The fraction of sp³-hybridized carbons (Fsp3) is 0.421. The molecule has 2 aromatic rings. The number of aromatic nitrogens is 2. The van der Waals surface area contributed by atoms with Gasteiger partial charge in [0.05, 0.1) is 23.4 Å². The third-order valence-corrected chi connectivity index (χ3v) is 4.79. The molecular formula is C19H22FN3O3. The van der Waals surface area contributed by atoms with Crippen molar-refractivity contribution in [3.8, 4) is 0 Å². The maximum absolute atomic E-state index is 13.2. The molecule has 3 rings (SSSR count). The van der Waals surface area contributed by atoms with Crippen LogP contribution in [0.2, 0.25) is 0 Å². The molecule has 2 atom stereocenters. The molecule has 1 aliphatic heterocycles. The first kappa shape index (κ1) is 18.3. The van der Waals surface area contributed by atoms with Crippen LogP contribution in [0, 0.1) is 19.7 Å². The summed E-state index contributed by atoms with van der Waals surface area (Å²) in [5.74, 6) is -1.70. The Morgan fingerprint density at radius 1 is 1.31 bits per heavy atom. The van der Waals surface area contributed by atoms with E-state index >= 15 is 0 Å². The quantitative estimate of drug-likeness (QED) is 0.657. The molecular weight excluding hydrogens is 337 g/mol. The van der Waals surface area contributed by atoms with Crippen molar-refractivity contribution in [1.82, 2.24) is 15.1 Å². The number of carbonyl (C=O) groups excluding carboxylic acids is 2. The van der Waals surface area contributed by atoms with E-state index in [0.29, 0.717) is 29.1 Å². The minimum atomic E-state index is -0.714. The molecule has 1 N–H and O–H groups in total. The molecule has 1 aromatic carbocycles. The number of rotatable bonds is 5. The van der Waals surface area contributed by atoms with Gasteiger partial charge in [0, 0.05) is 19.3 Å². The van der Waals surface area contributed by atoms with Crippen molar-refractivity contribution in [2.45, 2.75) is 38.8 Å². The van der Waals surface area contributed by atoms with E-state index < -0.39 is 17.7 Å². The van der Waals surface area contributed by atoms with Gasteiger partial charge in [0.15, 0.2) is 0 Å². The van der Waals surface area contributed by atoms with Crippen LogP contribution in [0.5, 0.6) is 0 Å². The summed E-state index contributed by atoms with van der Waals surface area (Å²) < 4.78 is 20.5. The van der Waals surface area contributed by atoms with Crippen LogP contribution in [-0.4, -0.2) is 34.2 Å². The average Bonchev–Trinajstić information content (AvgIpc) is 3.22. The molecule has 26 heavy (non-hydrogen) atoms. The number of nitrogens with one attached hydrogen (secondary N) is 1. The minimum absolute atomic E-state index is 0.242. The molecule has 6 nitrogen and oxygen atoms in total. The Morgan fingerprint density at radius 3 is 2.54 bits per heavy atom. The van der Waals surface area contributed by atoms with Gasteiger partial charge in [-0.05, 0) is 44.4 Å². The van der Waals surface area contributed by atoms with Crippen LogP contribution in [0.4, 0.5) is 4.39 Å². The van der Waals surface area contributed by atoms with Gasteiger partial charge in [-0.1, -0.05) is 12.1 Å². The van der Waals surface area contributed by atoms with E-state index in [9.17, 15) is 14.0 Å². The van der Waals surface area contributed by atoms with Gasteiger partial charge in [0.25, 0.3) is 11.7 Å². The first-order valence-corrected chi connectivity index (χ1v) is 8.61. The van der Waals surface area contributed by atoms with Crippen LogP contribution in [-0.2, 0) is 16.6 Å². The second kappa shape index (κ2) is 7.37. The predicted molar refractivity (Wildman–Crippen MR) is 93.3 cm³/mol. The van der Waals surface area contributed by atoms with E-state index in [2.05, 4.69) is 10.4 Å². The molecule has 0 saturated carbocycles. The highest BCUT2D eigenvalue weighted by Crippen LogP contribution is 2.27. The lowest BCUT2D eigenvalue weighted by Crippen LogP contribution is -2.40. The number of carbonyl (C=O) groups is 2. The Balaban J connectivity index is 1.85. The van der Waals surface area contributed by atoms with E-state index in [0.717, 1.165) is 12.8 Å². The van der Waals surface area contributed by atoms with Gasteiger partial charge in [-0.2, -0.15) is 5.10 Å². The van der Waals surface area contributed by atoms with Crippen LogP contribution in [0.25, 0.3) is 0 Å². The number of halogens is 1. The van der Waals surface area contributed by atoms with Crippen molar-refractivity contribution in [3.63, 3.8) is 0 Å². The molecule has 0 unspecified atom stereocenters. The maximum atomic E-state index is 13.2. The third-order valence-electron chi connectivity index (χ3n) is 4.79. The fourth-order valence-electron chi connectivity index (χ4n) is 3.35. The van der Waals surface area contributed by atoms with Crippen LogP contribution in [0.15, 0.2) is 24.3 Å². The van der Waals surface area contributed by atoms with Gasteiger partial charge in [0.2, 0.25) is 0 Å². The number of nitrogens with zero attached hydrogens (tertiary/aromatic N) is 2. The lowest BCUT2D eigenvalue weighted by molar-refractivity contribution is -0.118. The minimum Gasteiger partial charge on any atom is -0.376 e. The number of amides is 1. The standard InChI is InChI=1S/C19H22FN3O3/c1-11-16(12(2)23(3)22-11)18(24)19(25)21-17(15-5-4-10-26-15)13-6-8-14(20)9-7-13/h6-9,15,17H,4-5,10H2,1-3H3,(H,21,25)/t15-,17-/m0/s1. The third kappa shape index (κ3) is 3.53. The molecule has 0 bridgehead atoms. The molecule has 1 fully saturated rings. The Morgan fingerprint density at radius 2 is 2.00 bits per heavy atom. The molecule has 1 saturated heterocycles. The molecule has 1 amide bonds. The highest BCUT2D eigenvalue weighted by Gasteiger charge is 2.32. The lowest BCUT2D eigenvalue weighted by Gasteiger charge is -2.24. The Hall–Kier alpha value is -2.54. The van der Waals surface area contributed by atoms with Gasteiger partial charge in [-0.15, -0.1) is 0 Å². The van der Waals surface area contributed by atoms with Crippen LogP contribution < -0.4 is 5.32 Å². The second-order valence-corrected chi connectivity index (χ2v) is 6.55. The zero-order valence-electron chi connectivity index (χ0n) is 15.1. The van der Waals surface area contributed by atoms with Gasteiger partial charge in [0.1, 0.15) is 5.82 Å². The molecule has 0 aliphatic carbocycles. The largest absolute Gasteiger partial charge is 0.376 e. The summed E-state index contributed by atoms with van der Waals surface area (Å²) in [4.78, 5) is 25.3. The molecule has 1 aliphatic rings. The van der Waals surface area contributed by atoms with Crippen molar-refractivity contribution in [2.75, 3.05) is 6.61 Å². The molecule has 0 spiro atoms. The number of ketones is 1. The molecule has 7 heteroatoms. The average molecular weight is 359 g/mol. The molecule has 138 valence electrons. The number of benzene rings is 1. The van der Waals surface area contributed by atoms with Gasteiger partial charge in [-0.3, -0.25) is 14.3 Å². The van der Waals surface area contributed by atoms with E-state index in [-0.39, 0.29) is 11.9 Å². The monoisotopic (exact) mass is 359 g/mol. The number of hydrogen-bond acceptors (Lipinski definition) is 4. The summed E-state index contributed by atoms with van der Waals surface area (Å²) in [7, 11) is 1.73. The molecule has 0 radical (unpaired) electrons. The Labute approximate surface area is 151 Å². The van der Waals surface area contributed by atoms with Crippen molar-refractivity contribution in [2.24, 2.45) is 7.05 Å². The number of hydrogen-bond donors (Lipinski definition) is 1. The highest BCUT2D eigenvalue weighted by atomic mass is 19.1. The maximum Gasteiger partial charge on any atom is 0.293 e. The van der Waals surface area contributed by atoms with Gasteiger partial charge < -0.3 is 10.1 Å². The topological polar surface area (TPSA) is 73.2 Å². The number of Topliss-reactive ketones (excluding diaryl/α,β-unsaturated/α-hetero) is 1. The predicted octanol–water partition coefficient (Wildman–Crippen LogP) is 2.40. The Bertz CT molecular complexity index is 823. The summed E-state index contributed by atoms with van der Waals surface area (Å²) in [6, 6.07) is 5.37. The lowest BCUT2D eigenvalue weighted by atomic mass is 9.98. The number of aryl methyl sites for hydroxylation is 2. The van der Waals surface area contributed by atoms with Crippen molar-refractivity contribution in [1.29, 1.82) is 0 Å². The normalized spacial score (nSPS) is 17.9. The number of ether oxygens (including phenoxy) is 1. The van der Waals surface area contributed by atoms with Gasteiger partial charge >= 0.3 is 0 Å². The summed E-state index contributed by atoms with van der Waals surface area (Å²) in [6.45, 7) is 4.05. The summed E-state index contributed by atoms with van der Waals surface area (Å²) >= 11 is 0. The zero-order chi connectivity index (χ0) is 18.8. The van der Waals surface area contributed by atoms with E-state index in [4.69, 9.17) is 4.74 Å². The second-order valence-electron chi connectivity index (χ2n) is 6.55. The van der Waals surface area contributed by atoms with Crippen LogP contribution in [0.1, 0.15) is 46.2 Å². The smallest absolute Gasteiger partial charge is 0.293 e. The summed E-state index contributed by atoms with van der Waals surface area (Å²) in [5, 5.41) is 6.97. The Kier molecular flexibility index (Phi) is 5.18. The highest BCUT2D eigenvalue weighted by molar-refractivity contribution is 6.43. The van der Waals surface area contributed by atoms with Crippen LogP contribution >= 0.6 is 0 Å². The fourth-order valence-corrected chi connectivity index (χ4v) is 3.35.